The first-order chi connectivity index (χ1) is 13.4. The quantitative estimate of drug-likeness (QED) is 0.660. The molecule has 2 rings (SSSR count). The number of nitrogens with zero attached hydrogens (tertiary/aromatic N) is 1. The van der Waals surface area contributed by atoms with Crippen LogP contribution in [0.1, 0.15) is 33.3 Å². The highest BCUT2D eigenvalue weighted by Gasteiger charge is 2.32. The predicted molar refractivity (Wildman–Crippen MR) is 110 cm³/mol. The molecule has 0 saturated carbocycles. The zero-order chi connectivity index (χ0) is 21.9. The molecule has 0 saturated heterocycles. The molecule has 0 aliphatic heterocycles. The van der Waals surface area contributed by atoms with Gasteiger partial charge in [-0.25, -0.2) is 9.59 Å². The van der Waals surface area contributed by atoms with E-state index in [2.05, 4.69) is 10.3 Å². The largest absolute Gasteiger partial charge is 0.480 e. The lowest BCUT2D eigenvalue weighted by Gasteiger charge is -2.28. The number of para-hydroxylation sites is 1. The molecule has 0 aliphatic carbocycles. The van der Waals surface area contributed by atoms with Crippen molar-refractivity contribution in [3.8, 4) is 0 Å². The highest BCUT2D eigenvalue weighted by atomic mass is 35.5. The number of rotatable bonds is 6. The van der Waals surface area contributed by atoms with Gasteiger partial charge in [0, 0.05) is 24.4 Å². The number of aromatic nitrogens is 1. The molecule has 1 aromatic heterocycles. The van der Waals surface area contributed by atoms with Crippen LogP contribution >= 0.6 is 11.6 Å². The van der Waals surface area contributed by atoms with Crippen LogP contribution in [0.15, 0.2) is 24.3 Å². The summed E-state index contributed by atoms with van der Waals surface area (Å²) in [6.07, 6.45) is -0.738. The van der Waals surface area contributed by atoms with E-state index in [9.17, 15) is 19.5 Å². The average molecular weight is 424 g/mol. The third-order valence-electron chi connectivity index (χ3n) is 4.36. The summed E-state index contributed by atoms with van der Waals surface area (Å²) < 4.78 is 5.14. The number of aromatic amines is 1. The van der Waals surface area contributed by atoms with Crippen LogP contribution in [0.3, 0.4) is 0 Å². The lowest BCUT2D eigenvalue weighted by molar-refractivity contribution is -0.149. The fourth-order valence-corrected chi connectivity index (χ4v) is 3.24. The van der Waals surface area contributed by atoms with Gasteiger partial charge in [0.05, 0.1) is 0 Å². The Hall–Kier alpha value is -2.74. The van der Waals surface area contributed by atoms with Crippen molar-refractivity contribution in [1.82, 2.24) is 15.2 Å². The first kappa shape index (κ1) is 22.5. The molecule has 0 aliphatic rings. The zero-order valence-electron chi connectivity index (χ0n) is 17.1. The number of carbonyl (C=O) groups is 3. The smallest absolute Gasteiger partial charge is 0.408 e. The molecule has 3 N–H and O–H groups in total. The maximum Gasteiger partial charge on any atom is 0.408 e. The van der Waals surface area contributed by atoms with Crippen molar-refractivity contribution < 1.29 is 24.2 Å². The van der Waals surface area contributed by atoms with Crippen LogP contribution < -0.4 is 5.32 Å². The highest BCUT2D eigenvalue weighted by Crippen LogP contribution is 2.28. The second-order valence-corrected chi connectivity index (χ2v) is 8.22. The van der Waals surface area contributed by atoms with Crippen molar-refractivity contribution in [3.05, 3.63) is 35.0 Å². The maximum absolute atomic E-state index is 12.7. The van der Waals surface area contributed by atoms with Gasteiger partial charge in [-0.15, -0.1) is 0 Å². The molecule has 0 radical (unpaired) electrons. The Morgan fingerprint density at radius 2 is 1.90 bits per heavy atom. The second-order valence-electron chi connectivity index (χ2n) is 7.84. The van der Waals surface area contributed by atoms with Gasteiger partial charge in [0.15, 0.2) is 0 Å². The Labute approximate surface area is 174 Å². The number of hydrogen-bond acceptors (Lipinski definition) is 4. The number of aliphatic carboxylic acids is 1. The average Bonchev–Trinajstić information content (AvgIpc) is 2.91. The predicted octanol–water partition coefficient (Wildman–Crippen LogP) is 3.19. The summed E-state index contributed by atoms with van der Waals surface area (Å²) in [6.45, 7) is 6.59. The van der Waals surface area contributed by atoms with Gasteiger partial charge in [-0.3, -0.25) is 4.79 Å². The van der Waals surface area contributed by atoms with E-state index in [1.54, 1.807) is 20.8 Å². The molecule has 1 aromatic carbocycles. The number of alkyl carbamates (subject to hydrolysis) is 1. The van der Waals surface area contributed by atoms with E-state index in [-0.39, 0.29) is 6.42 Å². The van der Waals surface area contributed by atoms with E-state index in [4.69, 9.17) is 16.3 Å². The summed E-state index contributed by atoms with van der Waals surface area (Å²) in [4.78, 5) is 40.6. The summed E-state index contributed by atoms with van der Waals surface area (Å²) in [6, 6.07) is 5.21. The van der Waals surface area contributed by atoms with Gasteiger partial charge in [-0.1, -0.05) is 29.8 Å². The van der Waals surface area contributed by atoms with Crippen LogP contribution in [-0.2, 0) is 20.7 Å². The molecule has 0 spiro atoms. The molecule has 9 heteroatoms. The number of benzene rings is 1. The molecule has 1 heterocycles. The van der Waals surface area contributed by atoms with Crippen LogP contribution in [-0.4, -0.2) is 57.7 Å². The maximum atomic E-state index is 12.7. The number of fused-ring (bicyclic) bond motifs is 1. The normalized spacial score (nSPS) is 13.6. The molecule has 158 valence electrons. The third-order valence-corrected chi connectivity index (χ3v) is 4.69. The Morgan fingerprint density at radius 1 is 1.28 bits per heavy atom. The molecule has 0 fully saturated rings. The van der Waals surface area contributed by atoms with Crippen LogP contribution in [0.2, 0.25) is 5.15 Å². The third kappa shape index (κ3) is 5.63. The number of amides is 2. The molecule has 2 amide bonds. The zero-order valence-corrected chi connectivity index (χ0v) is 17.8. The van der Waals surface area contributed by atoms with E-state index in [1.807, 2.05) is 24.3 Å². The minimum absolute atomic E-state index is 0.0135. The van der Waals surface area contributed by atoms with Crippen LogP contribution in [0.5, 0.6) is 0 Å². The summed E-state index contributed by atoms with van der Waals surface area (Å²) in [5.74, 6) is -1.73. The minimum atomic E-state index is -1.17. The van der Waals surface area contributed by atoms with Crippen molar-refractivity contribution in [2.45, 2.75) is 51.8 Å². The van der Waals surface area contributed by atoms with E-state index >= 15 is 0 Å². The minimum Gasteiger partial charge on any atom is -0.480 e. The molecular weight excluding hydrogens is 398 g/mol. The number of halogens is 1. The Bertz CT molecular complexity index is 918. The number of H-pyrrole nitrogens is 1. The number of carbonyl (C=O) groups excluding carboxylic acids is 2. The second kappa shape index (κ2) is 8.73. The Kier molecular flexibility index (Phi) is 6.79. The SMILES string of the molecule is C[C@H](NC(=O)OC(C)(C)C)C(=O)N(C)[C@H](Cc1c(Cl)[nH]c2ccccc12)C(=O)O. The Morgan fingerprint density at radius 3 is 2.48 bits per heavy atom. The lowest BCUT2D eigenvalue weighted by Crippen LogP contribution is -2.52. The van der Waals surface area contributed by atoms with Crippen molar-refractivity contribution in [1.29, 1.82) is 0 Å². The summed E-state index contributed by atoms with van der Waals surface area (Å²) in [5.41, 5.74) is 0.682. The van der Waals surface area contributed by atoms with Crippen molar-refractivity contribution in [2.75, 3.05) is 7.05 Å². The first-order valence-corrected chi connectivity index (χ1v) is 9.52. The highest BCUT2D eigenvalue weighted by molar-refractivity contribution is 6.31. The molecule has 2 aromatic rings. The summed E-state index contributed by atoms with van der Waals surface area (Å²) >= 11 is 6.27. The van der Waals surface area contributed by atoms with Gasteiger partial charge in [-0.2, -0.15) is 0 Å². The fourth-order valence-electron chi connectivity index (χ4n) is 2.96. The molecule has 29 heavy (non-hydrogen) atoms. The number of likely N-dealkylation sites (N-methyl/N-ethyl adjacent to an activating group) is 1. The number of carboxylic acid groups (broad SMARTS) is 1. The fraction of sp³-hybridized carbons (Fsp3) is 0.450. The van der Waals surface area contributed by atoms with Crippen molar-refractivity contribution >= 4 is 40.5 Å². The standard InChI is InChI=1S/C20H26ClN3O5/c1-11(22-19(28)29-20(2,3)4)17(25)24(5)15(18(26)27)10-13-12-8-6-7-9-14(12)23-16(13)21/h6-9,11,15,23H,10H2,1-5H3,(H,22,28)(H,26,27)/t11-,15+/m0/s1. The molecular formula is C20H26ClN3O5. The summed E-state index contributed by atoms with van der Waals surface area (Å²) in [7, 11) is 1.39. The number of carboxylic acids is 1. The van der Waals surface area contributed by atoms with Gasteiger partial charge in [-0.05, 0) is 39.3 Å². The van der Waals surface area contributed by atoms with Gasteiger partial charge < -0.3 is 25.0 Å². The van der Waals surface area contributed by atoms with E-state index in [1.165, 1.54) is 14.0 Å². The molecule has 8 nitrogen and oxygen atoms in total. The lowest BCUT2D eigenvalue weighted by atomic mass is 10.0. The van der Waals surface area contributed by atoms with E-state index < -0.39 is 35.7 Å². The van der Waals surface area contributed by atoms with Crippen LogP contribution in [0, 0.1) is 0 Å². The van der Waals surface area contributed by atoms with E-state index in [0.29, 0.717) is 10.7 Å². The van der Waals surface area contributed by atoms with Crippen LogP contribution in [0.25, 0.3) is 10.9 Å². The van der Waals surface area contributed by atoms with Gasteiger partial charge in [0.1, 0.15) is 22.8 Å². The molecule has 0 unspecified atom stereocenters. The summed E-state index contributed by atoms with van der Waals surface area (Å²) in [5, 5.41) is 13.3. The van der Waals surface area contributed by atoms with Gasteiger partial charge in [0.2, 0.25) is 5.91 Å². The number of nitrogens with one attached hydrogen (secondary N) is 2. The van der Waals surface area contributed by atoms with Gasteiger partial charge >= 0.3 is 12.1 Å². The monoisotopic (exact) mass is 423 g/mol. The van der Waals surface area contributed by atoms with Crippen LogP contribution in [0.4, 0.5) is 4.79 Å². The number of ether oxygens (including phenoxy) is 1. The van der Waals surface area contributed by atoms with E-state index in [0.717, 1.165) is 15.8 Å². The Balaban J connectivity index is 2.17. The van der Waals surface area contributed by atoms with Crippen molar-refractivity contribution in [2.24, 2.45) is 0 Å². The first-order valence-electron chi connectivity index (χ1n) is 9.14. The molecule has 2 atom stereocenters. The van der Waals surface area contributed by atoms with Crippen molar-refractivity contribution in [3.63, 3.8) is 0 Å². The topological polar surface area (TPSA) is 112 Å². The number of hydrogen-bond donors (Lipinski definition) is 3. The van der Waals surface area contributed by atoms with Gasteiger partial charge in [0.25, 0.3) is 0 Å². The molecule has 0 bridgehead atoms.